The van der Waals surface area contributed by atoms with Crippen LogP contribution in [0.15, 0.2) is 33.8 Å². The summed E-state index contributed by atoms with van der Waals surface area (Å²) in [5.41, 5.74) is 0.112. The van der Waals surface area contributed by atoms with Crippen LogP contribution in [0.4, 0.5) is 0 Å². The van der Waals surface area contributed by atoms with Gasteiger partial charge in [-0.1, -0.05) is 15.9 Å². The maximum Gasteiger partial charge on any atom is 0.268 e. The number of halogens is 1. The Bertz CT molecular complexity index is 636. The van der Waals surface area contributed by atoms with Crippen molar-refractivity contribution in [3.05, 3.63) is 39.4 Å². The summed E-state index contributed by atoms with van der Waals surface area (Å²) in [5, 5.41) is 9.05. The van der Waals surface area contributed by atoms with E-state index in [2.05, 4.69) is 20.9 Å². The molecule has 0 aliphatic heterocycles. The van der Waals surface area contributed by atoms with Crippen molar-refractivity contribution in [2.75, 3.05) is 6.61 Å². The third-order valence-electron chi connectivity index (χ3n) is 2.31. The number of aliphatic hydroxyl groups excluding tert-OH is 1. The second kappa shape index (κ2) is 4.77. The molecule has 1 N–H and O–H groups in total. The van der Waals surface area contributed by atoms with Gasteiger partial charge in [0.2, 0.25) is 5.91 Å². The van der Waals surface area contributed by atoms with E-state index in [0.29, 0.717) is 10.9 Å². The SMILES string of the molecule is O=C(CCO)n1cnc2ccc(Br)cc2c1=O. The minimum atomic E-state index is -0.466. The molecule has 0 amide bonds. The summed E-state index contributed by atoms with van der Waals surface area (Å²) >= 11 is 3.26. The molecule has 1 aromatic heterocycles. The van der Waals surface area contributed by atoms with Crippen LogP contribution in [0.25, 0.3) is 10.9 Å². The van der Waals surface area contributed by atoms with Crippen molar-refractivity contribution >= 4 is 32.7 Å². The smallest absolute Gasteiger partial charge is 0.268 e. The van der Waals surface area contributed by atoms with Crippen LogP contribution >= 0.6 is 15.9 Å². The molecule has 0 radical (unpaired) electrons. The van der Waals surface area contributed by atoms with Crippen molar-refractivity contribution < 1.29 is 9.90 Å². The number of fused-ring (bicyclic) bond motifs is 1. The van der Waals surface area contributed by atoms with Crippen LogP contribution < -0.4 is 5.56 Å². The molecular formula is C11H9BrN2O3. The number of hydrogen-bond donors (Lipinski definition) is 1. The molecule has 0 atom stereocenters. The average molecular weight is 297 g/mol. The van der Waals surface area contributed by atoms with Gasteiger partial charge in [0.1, 0.15) is 6.33 Å². The van der Waals surface area contributed by atoms with E-state index in [1.54, 1.807) is 18.2 Å². The van der Waals surface area contributed by atoms with Crippen LogP contribution in [0, 0.1) is 0 Å². The molecule has 17 heavy (non-hydrogen) atoms. The summed E-state index contributed by atoms with van der Waals surface area (Å²) in [6.07, 6.45) is 1.09. The molecule has 5 nitrogen and oxygen atoms in total. The van der Waals surface area contributed by atoms with Gasteiger partial charge in [-0.2, -0.15) is 0 Å². The normalized spacial score (nSPS) is 10.7. The van der Waals surface area contributed by atoms with Crippen LogP contribution in [0.3, 0.4) is 0 Å². The molecule has 0 spiro atoms. The zero-order valence-corrected chi connectivity index (χ0v) is 10.3. The van der Waals surface area contributed by atoms with Crippen molar-refractivity contribution in [3.63, 3.8) is 0 Å². The molecule has 0 saturated carbocycles. The molecule has 1 aromatic carbocycles. The van der Waals surface area contributed by atoms with Gasteiger partial charge in [-0.15, -0.1) is 0 Å². The minimum absolute atomic E-state index is 0.0961. The van der Waals surface area contributed by atoms with Gasteiger partial charge in [0.25, 0.3) is 5.56 Å². The zero-order valence-electron chi connectivity index (χ0n) is 8.76. The van der Waals surface area contributed by atoms with Gasteiger partial charge in [-0.05, 0) is 18.2 Å². The summed E-state index contributed by atoms with van der Waals surface area (Å²) < 4.78 is 1.67. The molecule has 1 heterocycles. The molecule has 0 unspecified atom stereocenters. The lowest BCUT2D eigenvalue weighted by molar-refractivity contribution is 0.0870. The lowest BCUT2D eigenvalue weighted by atomic mass is 10.2. The largest absolute Gasteiger partial charge is 0.396 e. The molecule has 0 fully saturated rings. The summed E-state index contributed by atoms with van der Waals surface area (Å²) in [4.78, 5) is 27.6. The molecular weight excluding hydrogens is 288 g/mol. The van der Waals surface area contributed by atoms with Gasteiger partial charge in [-0.25, -0.2) is 9.55 Å². The van der Waals surface area contributed by atoms with Crippen molar-refractivity contribution in [2.24, 2.45) is 0 Å². The molecule has 6 heteroatoms. The molecule has 0 saturated heterocycles. The molecule has 0 aliphatic carbocycles. The van der Waals surface area contributed by atoms with Gasteiger partial charge in [0.05, 0.1) is 23.9 Å². The number of rotatable bonds is 2. The van der Waals surface area contributed by atoms with E-state index in [1.165, 1.54) is 6.33 Å². The highest BCUT2D eigenvalue weighted by Crippen LogP contribution is 2.14. The summed E-state index contributed by atoms with van der Waals surface area (Å²) in [5.74, 6) is -0.466. The van der Waals surface area contributed by atoms with Gasteiger partial charge in [0, 0.05) is 4.47 Å². The predicted octanol–water partition coefficient (Wildman–Crippen LogP) is 1.18. The fraction of sp³-hybridized carbons (Fsp3) is 0.182. The number of hydrogen-bond acceptors (Lipinski definition) is 4. The maximum atomic E-state index is 12.0. The first-order valence-electron chi connectivity index (χ1n) is 4.94. The Morgan fingerprint density at radius 3 is 2.94 bits per heavy atom. The van der Waals surface area contributed by atoms with E-state index in [-0.39, 0.29) is 13.0 Å². The fourth-order valence-electron chi connectivity index (χ4n) is 1.49. The Kier molecular flexibility index (Phi) is 3.35. The Hall–Kier alpha value is -1.53. The van der Waals surface area contributed by atoms with Crippen molar-refractivity contribution in [1.29, 1.82) is 0 Å². The van der Waals surface area contributed by atoms with Gasteiger partial charge < -0.3 is 5.11 Å². The second-order valence-corrected chi connectivity index (χ2v) is 4.36. The highest BCUT2D eigenvalue weighted by molar-refractivity contribution is 9.10. The van der Waals surface area contributed by atoms with Crippen LogP contribution in [0.5, 0.6) is 0 Å². The van der Waals surface area contributed by atoms with Crippen molar-refractivity contribution in [1.82, 2.24) is 9.55 Å². The number of carbonyl (C=O) groups is 1. The standard InChI is InChI=1S/C11H9BrN2O3/c12-7-1-2-9-8(5-7)11(17)14(6-13-9)10(16)3-4-15/h1-2,5-6,15H,3-4H2. The fourth-order valence-corrected chi connectivity index (χ4v) is 1.85. The highest BCUT2D eigenvalue weighted by Gasteiger charge is 2.10. The molecule has 0 aliphatic rings. The van der Waals surface area contributed by atoms with Crippen LogP contribution in [-0.2, 0) is 0 Å². The molecule has 88 valence electrons. The molecule has 0 bridgehead atoms. The lowest BCUT2D eigenvalue weighted by Crippen LogP contribution is -2.27. The summed E-state index contributed by atoms with van der Waals surface area (Å²) in [6.45, 7) is -0.290. The van der Waals surface area contributed by atoms with Gasteiger partial charge >= 0.3 is 0 Å². The Morgan fingerprint density at radius 2 is 2.24 bits per heavy atom. The topological polar surface area (TPSA) is 72.2 Å². The molecule has 2 rings (SSSR count). The Morgan fingerprint density at radius 1 is 1.47 bits per heavy atom. The van der Waals surface area contributed by atoms with Gasteiger partial charge in [0.15, 0.2) is 0 Å². The monoisotopic (exact) mass is 296 g/mol. The number of nitrogens with zero attached hydrogens (tertiary/aromatic N) is 2. The first-order chi connectivity index (χ1) is 8.13. The van der Waals surface area contributed by atoms with Crippen molar-refractivity contribution in [3.8, 4) is 0 Å². The third kappa shape index (κ3) is 2.27. The first-order valence-corrected chi connectivity index (χ1v) is 5.74. The highest BCUT2D eigenvalue weighted by atomic mass is 79.9. The number of aliphatic hydroxyl groups is 1. The number of aromatic nitrogens is 2. The number of benzene rings is 1. The molecule has 2 aromatic rings. The Labute approximate surface area is 105 Å². The quantitative estimate of drug-likeness (QED) is 0.903. The van der Waals surface area contributed by atoms with E-state index in [1.807, 2.05) is 0 Å². The number of carbonyl (C=O) groups excluding carboxylic acids is 1. The minimum Gasteiger partial charge on any atom is -0.396 e. The van der Waals surface area contributed by atoms with Crippen LogP contribution in [-0.4, -0.2) is 27.2 Å². The Balaban J connectivity index is 2.65. The van der Waals surface area contributed by atoms with Crippen molar-refractivity contribution in [2.45, 2.75) is 6.42 Å². The lowest BCUT2D eigenvalue weighted by Gasteiger charge is -2.04. The van der Waals surface area contributed by atoms with E-state index in [9.17, 15) is 9.59 Å². The summed E-state index contributed by atoms with van der Waals surface area (Å²) in [6, 6.07) is 5.09. The second-order valence-electron chi connectivity index (χ2n) is 3.45. The van der Waals surface area contributed by atoms with E-state index >= 15 is 0 Å². The van der Waals surface area contributed by atoms with E-state index in [0.717, 1.165) is 9.04 Å². The average Bonchev–Trinajstić information content (AvgIpc) is 2.30. The summed E-state index contributed by atoms with van der Waals surface area (Å²) in [7, 11) is 0. The third-order valence-corrected chi connectivity index (χ3v) is 2.81. The van der Waals surface area contributed by atoms with E-state index < -0.39 is 11.5 Å². The van der Waals surface area contributed by atoms with Crippen LogP contribution in [0.1, 0.15) is 11.2 Å². The van der Waals surface area contributed by atoms with E-state index in [4.69, 9.17) is 5.11 Å². The maximum absolute atomic E-state index is 12.0. The van der Waals surface area contributed by atoms with Gasteiger partial charge in [-0.3, -0.25) is 9.59 Å². The van der Waals surface area contributed by atoms with Crippen LogP contribution in [0.2, 0.25) is 0 Å². The first kappa shape index (κ1) is 11.9. The zero-order chi connectivity index (χ0) is 12.4. The predicted molar refractivity (Wildman–Crippen MR) is 66.0 cm³/mol.